The van der Waals surface area contributed by atoms with Crippen molar-refractivity contribution in [2.24, 2.45) is 5.92 Å². The maximum Gasteiger partial charge on any atom is 0.309 e. The molecule has 2 aromatic carbocycles. The Morgan fingerprint density at radius 1 is 1.00 bits per heavy atom. The molecular formula is C27H28FNO5. The third-order valence-electron chi connectivity index (χ3n) is 5.70. The number of aromatic nitrogens is 1. The molecule has 1 aromatic heterocycles. The molecule has 178 valence electrons. The molecule has 0 radical (unpaired) electrons. The van der Waals surface area contributed by atoms with E-state index in [1.165, 1.54) is 31.5 Å². The zero-order valence-electron chi connectivity index (χ0n) is 19.6. The summed E-state index contributed by atoms with van der Waals surface area (Å²) in [6.07, 6.45) is 0.582. The number of rotatable bonds is 9. The Balaban J connectivity index is 1.76. The minimum atomic E-state index is -0.769. The fourth-order valence-corrected chi connectivity index (χ4v) is 3.81. The van der Waals surface area contributed by atoms with Crippen molar-refractivity contribution in [1.82, 2.24) is 4.98 Å². The molecule has 3 aromatic rings. The SMILES string of the molecule is COc1ccnc(C(=O)C[C@@H](C)C(=O)O[C@@H](C)[C@H](c2ccc(C)cc2)c2ccc(F)cc2)c1O. The quantitative estimate of drug-likeness (QED) is 0.345. The Bertz CT molecular complexity index is 1100. The number of ketones is 1. The van der Waals surface area contributed by atoms with Crippen molar-refractivity contribution in [1.29, 1.82) is 0 Å². The van der Waals surface area contributed by atoms with Crippen LogP contribution in [0.5, 0.6) is 11.5 Å². The molecule has 0 saturated heterocycles. The number of aromatic hydroxyl groups is 1. The van der Waals surface area contributed by atoms with Crippen molar-refractivity contribution >= 4 is 11.8 Å². The highest BCUT2D eigenvalue weighted by Gasteiger charge is 2.29. The van der Waals surface area contributed by atoms with Crippen LogP contribution < -0.4 is 4.74 Å². The maximum atomic E-state index is 13.5. The molecule has 0 aliphatic carbocycles. The highest BCUT2D eigenvalue weighted by molar-refractivity contribution is 5.99. The average molecular weight is 466 g/mol. The summed E-state index contributed by atoms with van der Waals surface area (Å²) in [6.45, 7) is 5.34. The van der Waals surface area contributed by atoms with E-state index in [0.717, 1.165) is 16.7 Å². The molecule has 0 unspecified atom stereocenters. The summed E-state index contributed by atoms with van der Waals surface area (Å²) in [5.41, 5.74) is 2.66. The number of aryl methyl sites for hydroxylation is 1. The van der Waals surface area contributed by atoms with Crippen LogP contribution in [0.2, 0.25) is 0 Å². The van der Waals surface area contributed by atoms with E-state index < -0.39 is 23.8 Å². The van der Waals surface area contributed by atoms with E-state index in [1.807, 2.05) is 31.2 Å². The molecule has 1 N–H and O–H groups in total. The monoisotopic (exact) mass is 465 g/mol. The number of pyridine rings is 1. The van der Waals surface area contributed by atoms with Gasteiger partial charge in [-0.2, -0.15) is 0 Å². The number of benzene rings is 2. The Hall–Kier alpha value is -3.74. The van der Waals surface area contributed by atoms with Gasteiger partial charge in [-0.05, 0) is 37.1 Å². The van der Waals surface area contributed by atoms with Crippen LogP contribution in [0.4, 0.5) is 4.39 Å². The molecule has 0 amide bonds. The highest BCUT2D eigenvalue weighted by atomic mass is 19.1. The lowest BCUT2D eigenvalue weighted by molar-refractivity contribution is -0.153. The third-order valence-corrected chi connectivity index (χ3v) is 5.70. The minimum Gasteiger partial charge on any atom is -0.503 e. The first-order chi connectivity index (χ1) is 16.2. The summed E-state index contributed by atoms with van der Waals surface area (Å²) in [7, 11) is 1.37. The van der Waals surface area contributed by atoms with E-state index in [2.05, 4.69) is 4.98 Å². The van der Waals surface area contributed by atoms with Crippen LogP contribution in [0.1, 0.15) is 53.4 Å². The fraction of sp³-hybridized carbons (Fsp3) is 0.296. The van der Waals surface area contributed by atoms with Gasteiger partial charge >= 0.3 is 5.97 Å². The minimum absolute atomic E-state index is 0.127. The molecule has 34 heavy (non-hydrogen) atoms. The maximum absolute atomic E-state index is 13.5. The predicted octanol–water partition coefficient (Wildman–Crippen LogP) is 5.22. The summed E-state index contributed by atoms with van der Waals surface area (Å²) in [6, 6.07) is 15.4. The van der Waals surface area contributed by atoms with Crippen molar-refractivity contribution < 1.29 is 28.6 Å². The molecule has 0 spiro atoms. The van der Waals surface area contributed by atoms with Gasteiger partial charge in [-0.25, -0.2) is 9.37 Å². The van der Waals surface area contributed by atoms with Crippen LogP contribution in [0.15, 0.2) is 60.8 Å². The molecule has 0 bridgehead atoms. The lowest BCUT2D eigenvalue weighted by Gasteiger charge is -2.26. The highest BCUT2D eigenvalue weighted by Crippen LogP contribution is 2.32. The fourth-order valence-electron chi connectivity index (χ4n) is 3.81. The summed E-state index contributed by atoms with van der Waals surface area (Å²) in [5, 5.41) is 10.2. The van der Waals surface area contributed by atoms with Gasteiger partial charge < -0.3 is 14.6 Å². The Labute approximate surface area is 198 Å². The topological polar surface area (TPSA) is 85.7 Å². The largest absolute Gasteiger partial charge is 0.503 e. The van der Waals surface area contributed by atoms with E-state index in [4.69, 9.17) is 9.47 Å². The molecule has 1 heterocycles. The van der Waals surface area contributed by atoms with Gasteiger partial charge in [0, 0.05) is 24.6 Å². The van der Waals surface area contributed by atoms with E-state index >= 15 is 0 Å². The smallest absolute Gasteiger partial charge is 0.309 e. The summed E-state index contributed by atoms with van der Waals surface area (Å²) in [4.78, 5) is 29.4. The number of hydrogen-bond donors (Lipinski definition) is 1. The van der Waals surface area contributed by atoms with Gasteiger partial charge in [0.05, 0.1) is 13.0 Å². The second-order valence-corrected chi connectivity index (χ2v) is 8.32. The van der Waals surface area contributed by atoms with Gasteiger partial charge in [-0.3, -0.25) is 9.59 Å². The third kappa shape index (κ3) is 5.78. The van der Waals surface area contributed by atoms with Crippen LogP contribution >= 0.6 is 0 Å². The number of carbonyl (C=O) groups excluding carboxylic acids is 2. The number of hydrogen-bond acceptors (Lipinski definition) is 6. The lowest BCUT2D eigenvalue weighted by atomic mass is 9.86. The summed E-state index contributed by atoms with van der Waals surface area (Å²) in [5.74, 6) is -2.73. The van der Waals surface area contributed by atoms with Crippen LogP contribution in [0.25, 0.3) is 0 Å². The van der Waals surface area contributed by atoms with Gasteiger partial charge in [0.25, 0.3) is 0 Å². The van der Waals surface area contributed by atoms with Crippen molar-refractivity contribution in [3.63, 3.8) is 0 Å². The van der Waals surface area contributed by atoms with Gasteiger partial charge in [0.1, 0.15) is 11.9 Å². The number of methoxy groups -OCH3 is 1. The number of halogens is 1. The average Bonchev–Trinajstić information content (AvgIpc) is 2.81. The molecule has 0 saturated carbocycles. The van der Waals surface area contributed by atoms with Crippen molar-refractivity contribution in [3.8, 4) is 11.5 Å². The van der Waals surface area contributed by atoms with Crippen molar-refractivity contribution in [2.45, 2.75) is 39.2 Å². The van der Waals surface area contributed by atoms with Crippen LogP contribution in [0.3, 0.4) is 0 Å². The van der Waals surface area contributed by atoms with E-state index in [1.54, 1.807) is 26.0 Å². The Morgan fingerprint density at radius 3 is 2.18 bits per heavy atom. The van der Waals surface area contributed by atoms with E-state index in [0.29, 0.717) is 0 Å². The van der Waals surface area contributed by atoms with Crippen molar-refractivity contribution in [3.05, 3.63) is 89.0 Å². The molecule has 3 atom stereocenters. The van der Waals surface area contributed by atoms with Gasteiger partial charge in [-0.15, -0.1) is 0 Å². The number of ether oxygens (including phenoxy) is 2. The normalized spacial score (nSPS) is 13.6. The molecule has 0 aliphatic heterocycles. The number of nitrogens with zero attached hydrogens (tertiary/aromatic N) is 1. The van der Waals surface area contributed by atoms with Gasteiger partial charge in [-0.1, -0.05) is 48.9 Å². The van der Waals surface area contributed by atoms with E-state index in [9.17, 15) is 19.1 Å². The Kier molecular flexibility index (Phi) is 7.99. The number of esters is 1. The Morgan fingerprint density at radius 2 is 1.59 bits per heavy atom. The molecule has 6 nitrogen and oxygen atoms in total. The second-order valence-electron chi connectivity index (χ2n) is 8.32. The molecule has 0 aliphatic rings. The van der Waals surface area contributed by atoms with E-state index in [-0.39, 0.29) is 35.3 Å². The van der Waals surface area contributed by atoms with Gasteiger partial charge in [0.15, 0.2) is 23.0 Å². The van der Waals surface area contributed by atoms with Crippen molar-refractivity contribution in [2.75, 3.05) is 7.11 Å². The van der Waals surface area contributed by atoms with Crippen LogP contribution in [-0.2, 0) is 9.53 Å². The molecule has 7 heteroatoms. The number of Topliss-reactive ketones (excluding diaryl/α,β-unsaturated/α-hetero) is 1. The first-order valence-electron chi connectivity index (χ1n) is 11.0. The summed E-state index contributed by atoms with van der Waals surface area (Å²) >= 11 is 0. The zero-order valence-corrected chi connectivity index (χ0v) is 19.6. The number of carbonyl (C=O) groups is 2. The lowest BCUT2D eigenvalue weighted by Crippen LogP contribution is -2.28. The predicted molar refractivity (Wildman–Crippen MR) is 126 cm³/mol. The van der Waals surface area contributed by atoms with Crippen LogP contribution in [-0.4, -0.2) is 35.1 Å². The molecule has 0 fully saturated rings. The van der Waals surface area contributed by atoms with Crippen LogP contribution in [0, 0.1) is 18.7 Å². The summed E-state index contributed by atoms with van der Waals surface area (Å²) < 4.78 is 24.3. The first-order valence-corrected chi connectivity index (χ1v) is 11.0. The second kappa shape index (κ2) is 10.9. The molecule has 3 rings (SSSR count). The standard InChI is InChI=1S/C27H28FNO5/c1-16-5-7-19(8-6-16)24(20-9-11-21(28)12-10-20)18(3)34-27(32)17(2)15-22(30)25-26(31)23(33-4)13-14-29-25/h5-14,17-18,24,31H,15H2,1-4H3/t17-,18+,24-/m1/s1. The first kappa shape index (κ1) is 24.9. The van der Waals surface area contributed by atoms with Gasteiger partial charge in [0.2, 0.25) is 0 Å². The molecular weight excluding hydrogens is 437 g/mol. The zero-order chi connectivity index (χ0) is 24.8.